The van der Waals surface area contributed by atoms with E-state index in [1.807, 2.05) is 19.1 Å². The molecule has 2 heterocycles. The molecule has 1 aromatic heterocycles. The van der Waals surface area contributed by atoms with Crippen molar-refractivity contribution in [3.8, 4) is 0 Å². The Morgan fingerprint density at radius 1 is 1.07 bits per heavy atom. The Labute approximate surface area is 173 Å². The maximum atomic E-state index is 13.2. The van der Waals surface area contributed by atoms with Gasteiger partial charge in [-0.25, -0.2) is 0 Å². The molecule has 1 fully saturated rings. The average molecular weight is 405 g/mol. The predicted octanol–water partition coefficient (Wildman–Crippen LogP) is 3.13. The Hall–Kier alpha value is -3.45. The smallest absolute Gasteiger partial charge is 0.257 e. The molecule has 1 amide bonds. The van der Waals surface area contributed by atoms with Crippen molar-refractivity contribution >= 4 is 34.0 Å². The van der Waals surface area contributed by atoms with E-state index in [0.717, 1.165) is 16.6 Å². The van der Waals surface area contributed by atoms with Gasteiger partial charge in [0.15, 0.2) is 5.78 Å². The first-order chi connectivity index (χ1) is 14.4. The Morgan fingerprint density at radius 2 is 1.83 bits per heavy atom. The molecule has 0 atom stereocenters. The fourth-order valence-electron chi connectivity index (χ4n) is 3.72. The molecule has 2 aromatic carbocycles. The average Bonchev–Trinajstić information content (AvgIpc) is 2.74. The van der Waals surface area contributed by atoms with Gasteiger partial charge in [0.1, 0.15) is 0 Å². The van der Waals surface area contributed by atoms with Crippen molar-refractivity contribution in [3.63, 3.8) is 0 Å². The topological polar surface area (TPSA) is 91.5 Å². The molecule has 154 valence electrons. The van der Waals surface area contributed by atoms with E-state index < -0.39 is 0 Å². The molecule has 0 saturated carbocycles. The van der Waals surface area contributed by atoms with Crippen LogP contribution in [0.25, 0.3) is 10.9 Å². The molecule has 7 nitrogen and oxygen atoms in total. The van der Waals surface area contributed by atoms with Crippen LogP contribution >= 0.6 is 0 Å². The number of nitrogens with zero attached hydrogens (tertiary/aromatic N) is 1. The molecule has 1 saturated heterocycles. The highest BCUT2D eigenvalue weighted by Gasteiger charge is 2.20. The minimum Gasteiger partial charge on any atom is -0.378 e. The fraction of sp³-hybridized carbons (Fsp3) is 0.261. The van der Waals surface area contributed by atoms with Crippen LogP contribution in [0.15, 0.2) is 47.3 Å². The zero-order valence-electron chi connectivity index (χ0n) is 17.0. The normalized spacial score (nSPS) is 14.0. The largest absolute Gasteiger partial charge is 0.378 e. The lowest BCUT2D eigenvalue weighted by Crippen LogP contribution is -2.37. The number of H-pyrrole nitrogens is 1. The number of aromatic amines is 1. The lowest BCUT2D eigenvalue weighted by Gasteiger charge is -2.30. The molecule has 3 aromatic rings. The van der Waals surface area contributed by atoms with Crippen LogP contribution in [0, 0.1) is 6.92 Å². The van der Waals surface area contributed by atoms with Crippen LogP contribution in [0.5, 0.6) is 0 Å². The third-order valence-electron chi connectivity index (χ3n) is 5.31. The highest BCUT2D eigenvalue weighted by molar-refractivity contribution is 6.10. The first kappa shape index (κ1) is 19.8. The second-order valence-corrected chi connectivity index (χ2v) is 7.42. The summed E-state index contributed by atoms with van der Waals surface area (Å²) in [5.41, 5.74) is 3.72. The SMILES string of the molecule is CC(=O)c1ccc(N2CCOCC2)c(C(=O)Nc2ccc3[nH]c(=O)cc(C)c3c2)c1. The van der Waals surface area contributed by atoms with Gasteiger partial charge in [-0.15, -0.1) is 0 Å². The molecule has 2 N–H and O–H groups in total. The van der Waals surface area contributed by atoms with Crippen molar-refractivity contribution in [2.24, 2.45) is 0 Å². The second kappa shape index (κ2) is 8.12. The molecule has 1 aliphatic rings. The van der Waals surface area contributed by atoms with Crippen LogP contribution in [-0.2, 0) is 4.74 Å². The fourth-order valence-corrected chi connectivity index (χ4v) is 3.72. The zero-order valence-corrected chi connectivity index (χ0v) is 17.0. The highest BCUT2D eigenvalue weighted by Crippen LogP contribution is 2.26. The van der Waals surface area contributed by atoms with Gasteiger partial charge in [-0.3, -0.25) is 14.4 Å². The Kier molecular flexibility index (Phi) is 5.37. The van der Waals surface area contributed by atoms with E-state index in [-0.39, 0.29) is 17.2 Å². The van der Waals surface area contributed by atoms with Gasteiger partial charge < -0.3 is 19.9 Å². The van der Waals surface area contributed by atoms with Gasteiger partial charge in [-0.05, 0) is 55.8 Å². The maximum Gasteiger partial charge on any atom is 0.257 e. The van der Waals surface area contributed by atoms with Crippen LogP contribution in [0.4, 0.5) is 11.4 Å². The summed E-state index contributed by atoms with van der Waals surface area (Å²) >= 11 is 0. The van der Waals surface area contributed by atoms with Crippen LogP contribution < -0.4 is 15.8 Å². The third kappa shape index (κ3) is 3.97. The Morgan fingerprint density at radius 3 is 2.57 bits per heavy atom. The van der Waals surface area contributed by atoms with E-state index in [1.165, 1.54) is 13.0 Å². The summed E-state index contributed by atoms with van der Waals surface area (Å²) in [5, 5.41) is 3.80. The van der Waals surface area contributed by atoms with Gasteiger partial charge in [0.05, 0.1) is 18.8 Å². The number of amides is 1. The Balaban J connectivity index is 1.69. The van der Waals surface area contributed by atoms with E-state index >= 15 is 0 Å². The summed E-state index contributed by atoms with van der Waals surface area (Å²) in [6.07, 6.45) is 0. The minimum atomic E-state index is -0.291. The number of anilines is 2. The summed E-state index contributed by atoms with van der Waals surface area (Å²) in [7, 11) is 0. The summed E-state index contributed by atoms with van der Waals surface area (Å²) in [6, 6.07) is 12.1. The summed E-state index contributed by atoms with van der Waals surface area (Å²) < 4.78 is 5.42. The molecular formula is C23H23N3O4. The van der Waals surface area contributed by atoms with Crippen molar-refractivity contribution in [1.82, 2.24) is 4.98 Å². The number of morpholine rings is 1. The van der Waals surface area contributed by atoms with Crippen molar-refractivity contribution in [1.29, 1.82) is 0 Å². The molecule has 0 bridgehead atoms. The summed E-state index contributed by atoms with van der Waals surface area (Å²) in [6.45, 7) is 5.90. The van der Waals surface area contributed by atoms with Crippen LogP contribution in [0.2, 0.25) is 0 Å². The summed E-state index contributed by atoms with van der Waals surface area (Å²) in [4.78, 5) is 41.6. The molecular weight excluding hydrogens is 382 g/mol. The molecule has 4 rings (SSSR count). The van der Waals surface area contributed by atoms with Crippen LogP contribution in [0.1, 0.15) is 33.2 Å². The molecule has 0 radical (unpaired) electrons. The van der Waals surface area contributed by atoms with E-state index in [1.54, 1.807) is 24.3 Å². The van der Waals surface area contributed by atoms with Gasteiger partial charge in [0.25, 0.3) is 5.91 Å². The lowest BCUT2D eigenvalue weighted by molar-refractivity contribution is 0.101. The lowest BCUT2D eigenvalue weighted by atomic mass is 10.0. The second-order valence-electron chi connectivity index (χ2n) is 7.42. The van der Waals surface area contributed by atoms with E-state index in [4.69, 9.17) is 4.74 Å². The van der Waals surface area contributed by atoms with Crippen molar-refractivity contribution in [2.45, 2.75) is 13.8 Å². The number of fused-ring (bicyclic) bond motifs is 1. The van der Waals surface area contributed by atoms with Crippen molar-refractivity contribution in [3.05, 3.63) is 69.5 Å². The Bertz CT molecular complexity index is 1190. The number of Topliss-reactive ketones (excluding diaryl/α,β-unsaturated/α-hetero) is 1. The number of ketones is 1. The number of nitrogens with one attached hydrogen (secondary N) is 2. The molecule has 0 aliphatic carbocycles. The number of carbonyl (C=O) groups is 2. The number of carbonyl (C=O) groups excluding carboxylic acids is 2. The highest BCUT2D eigenvalue weighted by atomic mass is 16.5. The zero-order chi connectivity index (χ0) is 21.3. The first-order valence-electron chi connectivity index (χ1n) is 9.85. The third-order valence-corrected chi connectivity index (χ3v) is 5.31. The van der Waals surface area contributed by atoms with Crippen LogP contribution in [0.3, 0.4) is 0 Å². The molecule has 1 aliphatic heterocycles. The maximum absolute atomic E-state index is 13.2. The standard InChI is InChI=1S/C23H23N3O4/c1-14-11-22(28)25-20-5-4-17(13-18(14)20)24-23(29)19-12-16(15(2)27)3-6-21(19)26-7-9-30-10-8-26/h3-6,11-13H,7-10H2,1-2H3,(H,24,29)(H,25,28). The molecule has 7 heteroatoms. The molecule has 0 unspecified atom stereocenters. The first-order valence-corrected chi connectivity index (χ1v) is 9.85. The van der Waals surface area contributed by atoms with Gasteiger partial charge in [-0.2, -0.15) is 0 Å². The summed E-state index contributed by atoms with van der Waals surface area (Å²) in [5.74, 6) is -0.385. The van der Waals surface area contributed by atoms with Crippen molar-refractivity contribution in [2.75, 3.05) is 36.5 Å². The number of rotatable bonds is 4. The van der Waals surface area contributed by atoms with E-state index in [0.29, 0.717) is 48.6 Å². The predicted molar refractivity (Wildman–Crippen MR) is 117 cm³/mol. The molecule has 0 spiro atoms. The van der Waals surface area contributed by atoms with E-state index in [2.05, 4.69) is 15.2 Å². The monoisotopic (exact) mass is 405 g/mol. The van der Waals surface area contributed by atoms with Crippen molar-refractivity contribution < 1.29 is 14.3 Å². The van der Waals surface area contributed by atoms with Gasteiger partial charge >= 0.3 is 0 Å². The van der Waals surface area contributed by atoms with Gasteiger partial charge in [0, 0.05) is 47.0 Å². The van der Waals surface area contributed by atoms with Gasteiger partial charge in [-0.1, -0.05) is 0 Å². The number of pyridine rings is 1. The number of ether oxygens (including phenoxy) is 1. The van der Waals surface area contributed by atoms with Crippen LogP contribution in [-0.4, -0.2) is 43.0 Å². The number of hydrogen-bond acceptors (Lipinski definition) is 5. The van der Waals surface area contributed by atoms with Gasteiger partial charge in [0.2, 0.25) is 5.56 Å². The number of hydrogen-bond donors (Lipinski definition) is 2. The number of aryl methyl sites for hydroxylation is 1. The minimum absolute atomic E-state index is 0.0946. The number of aromatic nitrogens is 1. The number of benzene rings is 2. The quantitative estimate of drug-likeness (QED) is 0.651. The van der Waals surface area contributed by atoms with E-state index in [9.17, 15) is 14.4 Å². The molecule has 30 heavy (non-hydrogen) atoms.